The van der Waals surface area contributed by atoms with Gasteiger partial charge in [0.2, 0.25) is 5.91 Å². The lowest BCUT2D eigenvalue weighted by Crippen LogP contribution is -2.48. The van der Waals surface area contributed by atoms with Gasteiger partial charge in [0.1, 0.15) is 5.82 Å². The Morgan fingerprint density at radius 3 is 2.46 bits per heavy atom. The number of piperazine rings is 1. The number of nitrogens with one attached hydrogen (secondary N) is 1. The number of amides is 1. The second-order valence-corrected chi connectivity index (χ2v) is 6.10. The van der Waals surface area contributed by atoms with Crippen LogP contribution in [0.25, 0.3) is 0 Å². The Morgan fingerprint density at radius 2 is 1.81 bits per heavy atom. The first-order valence-electron chi connectivity index (χ1n) is 8.28. The summed E-state index contributed by atoms with van der Waals surface area (Å²) in [5.74, 6) is -0.499. The average molecular weight is 358 g/mol. The molecule has 1 saturated heterocycles. The Morgan fingerprint density at radius 1 is 1.12 bits per heavy atom. The van der Waals surface area contributed by atoms with Crippen LogP contribution in [-0.4, -0.2) is 48.5 Å². The lowest BCUT2D eigenvalue weighted by molar-refractivity contribution is -0.384. The van der Waals surface area contributed by atoms with E-state index in [2.05, 4.69) is 10.2 Å². The Bertz CT molecular complexity index is 789. The van der Waals surface area contributed by atoms with Crippen molar-refractivity contribution in [3.8, 4) is 0 Å². The van der Waals surface area contributed by atoms with E-state index >= 15 is 0 Å². The predicted octanol–water partition coefficient (Wildman–Crippen LogP) is 2.49. The molecule has 1 fully saturated rings. The molecule has 0 aliphatic carbocycles. The first-order chi connectivity index (χ1) is 12.5. The van der Waals surface area contributed by atoms with Crippen LogP contribution in [0.5, 0.6) is 0 Å². The molecule has 26 heavy (non-hydrogen) atoms. The quantitative estimate of drug-likeness (QED) is 0.656. The first-order valence-corrected chi connectivity index (χ1v) is 8.28. The van der Waals surface area contributed by atoms with Crippen molar-refractivity contribution in [2.24, 2.45) is 0 Å². The zero-order valence-electron chi connectivity index (χ0n) is 14.1. The van der Waals surface area contributed by atoms with Gasteiger partial charge in [0.25, 0.3) is 5.69 Å². The van der Waals surface area contributed by atoms with Crippen LogP contribution in [0.4, 0.5) is 21.5 Å². The topological polar surface area (TPSA) is 78.7 Å². The zero-order chi connectivity index (χ0) is 18.5. The molecule has 1 N–H and O–H groups in total. The van der Waals surface area contributed by atoms with E-state index in [-0.39, 0.29) is 24.0 Å². The summed E-state index contributed by atoms with van der Waals surface area (Å²) < 4.78 is 12.9. The van der Waals surface area contributed by atoms with Gasteiger partial charge in [0.05, 0.1) is 11.5 Å². The van der Waals surface area contributed by atoms with Gasteiger partial charge in [0, 0.05) is 49.7 Å². The molecule has 2 aromatic rings. The van der Waals surface area contributed by atoms with E-state index in [9.17, 15) is 19.3 Å². The maximum atomic E-state index is 12.9. The molecule has 2 aromatic carbocycles. The number of hydrogen-bond donors (Lipinski definition) is 1. The molecular weight excluding hydrogens is 339 g/mol. The van der Waals surface area contributed by atoms with E-state index in [1.807, 2.05) is 11.0 Å². The van der Waals surface area contributed by atoms with Gasteiger partial charge in [-0.3, -0.25) is 19.8 Å². The van der Waals surface area contributed by atoms with Gasteiger partial charge in [-0.05, 0) is 30.3 Å². The van der Waals surface area contributed by atoms with Crippen LogP contribution in [-0.2, 0) is 4.79 Å². The van der Waals surface area contributed by atoms with Gasteiger partial charge >= 0.3 is 0 Å². The van der Waals surface area contributed by atoms with E-state index in [1.165, 1.54) is 30.3 Å². The number of anilines is 2. The van der Waals surface area contributed by atoms with Crippen LogP contribution < -0.4 is 10.2 Å². The van der Waals surface area contributed by atoms with Gasteiger partial charge < -0.3 is 10.2 Å². The van der Waals surface area contributed by atoms with Gasteiger partial charge in [0.15, 0.2) is 0 Å². The minimum atomic E-state index is -0.403. The molecule has 0 spiro atoms. The maximum absolute atomic E-state index is 12.9. The third-order valence-electron chi connectivity index (χ3n) is 4.27. The number of hydrogen-bond acceptors (Lipinski definition) is 5. The number of carbonyl (C=O) groups excluding carboxylic acids is 1. The molecule has 8 heteroatoms. The monoisotopic (exact) mass is 358 g/mol. The van der Waals surface area contributed by atoms with E-state index in [1.54, 1.807) is 12.1 Å². The van der Waals surface area contributed by atoms with Gasteiger partial charge in [-0.25, -0.2) is 4.39 Å². The smallest absolute Gasteiger partial charge is 0.271 e. The van der Waals surface area contributed by atoms with E-state index in [0.29, 0.717) is 31.9 Å². The molecule has 0 saturated carbocycles. The SMILES string of the molecule is O=C(CN1CCN(c2cccc([N+](=O)[O-])c2)CC1)Nc1ccc(F)cc1. The molecule has 136 valence electrons. The van der Waals surface area contributed by atoms with Crippen LogP contribution in [0.2, 0.25) is 0 Å². The van der Waals surface area contributed by atoms with Crippen LogP contribution in [0.15, 0.2) is 48.5 Å². The number of nitrogens with zero attached hydrogens (tertiary/aromatic N) is 3. The summed E-state index contributed by atoms with van der Waals surface area (Å²) in [6.45, 7) is 2.98. The summed E-state index contributed by atoms with van der Waals surface area (Å²) in [6, 6.07) is 12.2. The van der Waals surface area contributed by atoms with Gasteiger partial charge in [-0.15, -0.1) is 0 Å². The number of benzene rings is 2. The number of nitro groups is 1. The third-order valence-corrected chi connectivity index (χ3v) is 4.27. The molecule has 0 atom stereocenters. The molecule has 0 bridgehead atoms. The number of nitro benzene ring substituents is 1. The van der Waals surface area contributed by atoms with Gasteiger partial charge in [-0.1, -0.05) is 6.07 Å². The summed E-state index contributed by atoms with van der Waals surface area (Å²) in [6.07, 6.45) is 0. The number of non-ortho nitro benzene ring substituents is 1. The lowest BCUT2D eigenvalue weighted by Gasteiger charge is -2.35. The minimum absolute atomic E-state index is 0.0728. The van der Waals surface area contributed by atoms with Crippen molar-refractivity contribution in [3.63, 3.8) is 0 Å². The molecular formula is C18H19FN4O3. The van der Waals surface area contributed by atoms with E-state index in [0.717, 1.165) is 5.69 Å². The molecule has 0 aromatic heterocycles. The molecule has 1 aliphatic heterocycles. The summed E-state index contributed by atoms with van der Waals surface area (Å²) in [5.41, 5.74) is 1.45. The highest BCUT2D eigenvalue weighted by Crippen LogP contribution is 2.22. The maximum Gasteiger partial charge on any atom is 0.271 e. The highest BCUT2D eigenvalue weighted by Gasteiger charge is 2.20. The van der Waals surface area contributed by atoms with Crippen molar-refractivity contribution in [2.45, 2.75) is 0 Å². The highest BCUT2D eigenvalue weighted by atomic mass is 19.1. The Labute approximate surface area is 150 Å². The van der Waals surface area contributed by atoms with Gasteiger partial charge in [-0.2, -0.15) is 0 Å². The van der Waals surface area contributed by atoms with Crippen molar-refractivity contribution in [1.29, 1.82) is 0 Å². The fourth-order valence-corrected chi connectivity index (χ4v) is 2.90. The molecule has 7 nitrogen and oxygen atoms in total. The fraction of sp³-hybridized carbons (Fsp3) is 0.278. The highest BCUT2D eigenvalue weighted by molar-refractivity contribution is 5.92. The normalized spacial score (nSPS) is 14.9. The zero-order valence-corrected chi connectivity index (χ0v) is 14.1. The van der Waals surface area contributed by atoms with E-state index in [4.69, 9.17) is 0 Å². The summed E-state index contributed by atoms with van der Waals surface area (Å²) in [7, 11) is 0. The van der Waals surface area contributed by atoms with E-state index < -0.39 is 4.92 Å². The Hall–Kier alpha value is -3.00. The average Bonchev–Trinajstić information content (AvgIpc) is 2.64. The molecule has 1 amide bonds. The molecule has 3 rings (SSSR count). The van der Waals surface area contributed by atoms with Crippen LogP contribution in [0, 0.1) is 15.9 Å². The molecule has 0 radical (unpaired) electrons. The standard InChI is InChI=1S/C18H19FN4O3/c19-14-4-6-15(7-5-14)20-18(24)13-21-8-10-22(11-9-21)16-2-1-3-17(12-16)23(25)26/h1-7,12H,8-11,13H2,(H,20,24). The van der Waals surface area contributed by atoms with Crippen molar-refractivity contribution in [3.05, 3.63) is 64.5 Å². The third kappa shape index (κ3) is 4.54. The second-order valence-electron chi connectivity index (χ2n) is 6.10. The molecule has 0 unspecified atom stereocenters. The first kappa shape index (κ1) is 17.8. The molecule has 1 heterocycles. The van der Waals surface area contributed by atoms with Crippen molar-refractivity contribution >= 4 is 23.0 Å². The summed E-state index contributed by atoms with van der Waals surface area (Å²) in [5, 5.41) is 13.6. The van der Waals surface area contributed by atoms with Crippen molar-refractivity contribution in [2.75, 3.05) is 42.9 Å². The minimum Gasteiger partial charge on any atom is -0.369 e. The summed E-state index contributed by atoms with van der Waals surface area (Å²) >= 11 is 0. The van der Waals surface area contributed by atoms with Crippen LogP contribution in [0.3, 0.4) is 0 Å². The summed E-state index contributed by atoms with van der Waals surface area (Å²) in [4.78, 5) is 26.7. The van der Waals surface area contributed by atoms with Crippen molar-refractivity contribution < 1.29 is 14.1 Å². The number of rotatable bonds is 5. The van der Waals surface area contributed by atoms with Crippen molar-refractivity contribution in [1.82, 2.24) is 4.90 Å². The Balaban J connectivity index is 1.50. The number of halogens is 1. The largest absolute Gasteiger partial charge is 0.369 e. The fourth-order valence-electron chi connectivity index (χ4n) is 2.90. The molecule has 1 aliphatic rings. The second kappa shape index (κ2) is 7.92. The van der Waals surface area contributed by atoms with Crippen LogP contribution >= 0.6 is 0 Å². The predicted molar refractivity (Wildman–Crippen MR) is 96.8 cm³/mol. The number of carbonyl (C=O) groups is 1. The Kier molecular flexibility index (Phi) is 5.43. The lowest BCUT2D eigenvalue weighted by atomic mass is 10.2. The van der Waals surface area contributed by atoms with Crippen LogP contribution in [0.1, 0.15) is 0 Å².